The summed E-state index contributed by atoms with van der Waals surface area (Å²) in [7, 11) is 1.76. The first-order valence-electron chi connectivity index (χ1n) is 5.76. The SMILES string of the molecule is CNc1cc(CO)cc(Br)c1OC(C=O)C(C)C. The number of hydrogen-bond acceptors (Lipinski definition) is 4. The molecule has 0 radical (unpaired) electrons. The highest BCUT2D eigenvalue weighted by Gasteiger charge is 2.18. The largest absolute Gasteiger partial charge is 0.479 e. The van der Waals surface area contributed by atoms with Crippen molar-refractivity contribution >= 4 is 27.9 Å². The molecule has 0 amide bonds. The van der Waals surface area contributed by atoms with Crippen LogP contribution in [0.5, 0.6) is 5.75 Å². The molecule has 4 nitrogen and oxygen atoms in total. The highest BCUT2D eigenvalue weighted by atomic mass is 79.9. The number of carbonyl (C=O) groups is 1. The Morgan fingerprint density at radius 3 is 2.61 bits per heavy atom. The fourth-order valence-corrected chi connectivity index (χ4v) is 2.10. The Morgan fingerprint density at radius 2 is 2.17 bits per heavy atom. The Kier molecular flexibility index (Phi) is 5.62. The Bertz CT molecular complexity index is 421. The molecule has 0 aromatic heterocycles. The van der Waals surface area contributed by atoms with Crippen LogP contribution in [0.4, 0.5) is 5.69 Å². The van der Waals surface area contributed by atoms with Gasteiger partial charge in [0.25, 0.3) is 0 Å². The molecule has 2 N–H and O–H groups in total. The van der Waals surface area contributed by atoms with Gasteiger partial charge in [0.05, 0.1) is 16.8 Å². The predicted octanol–water partition coefficient (Wildman–Crippen LogP) is 2.59. The second kappa shape index (κ2) is 6.75. The van der Waals surface area contributed by atoms with Crippen molar-refractivity contribution in [1.82, 2.24) is 0 Å². The second-order valence-corrected chi connectivity index (χ2v) is 5.18. The van der Waals surface area contributed by atoms with Crippen molar-refractivity contribution in [2.45, 2.75) is 26.6 Å². The number of carbonyl (C=O) groups excluding carboxylic acids is 1. The molecule has 1 aromatic carbocycles. The van der Waals surface area contributed by atoms with Gasteiger partial charge in [-0.2, -0.15) is 0 Å². The van der Waals surface area contributed by atoms with Crippen LogP contribution in [-0.2, 0) is 11.4 Å². The van der Waals surface area contributed by atoms with Crippen LogP contribution in [0.25, 0.3) is 0 Å². The molecule has 0 fully saturated rings. The molecule has 5 heteroatoms. The van der Waals surface area contributed by atoms with Crippen molar-refractivity contribution in [3.63, 3.8) is 0 Å². The third kappa shape index (κ3) is 3.46. The summed E-state index contributed by atoms with van der Waals surface area (Å²) in [6.45, 7) is 3.80. The van der Waals surface area contributed by atoms with E-state index < -0.39 is 6.10 Å². The van der Waals surface area contributed by atoms with Gasteiger partial charge >= 0.3 is 0 Å². The van der Waals surface area contributed by atoms with E-state index in [2.05, 4.69) is 21.2 Å². The van der Waals surface area contributed by atoms with Crippen molar-refractivity contribution < 1.29 is 14.6 Å². The van der Waals surface area contributed by atoms with E-state index in [4.69, 9.17) is 9.84 Å². The maximum Gasteiger partial charge on any atom is 0.160 e. The third-order valence-electron chi connectivity index (χ3n) is 2.60. The molecule has 100 valence electrons. The summed E-state index contributed by atoms with van der Waals surface area (Å²) in [5.74, 6) is 0.678. The monoisotopic (exact) mass is 315 g/mol. The number of benzene rings is 1. The van der Waals surface area contributed by atoms with Crippen molar-refractivity contribution in [1.29, 1.82) is 0 Å². The summed E-state index contributed by atoms with van der Waals surface area (Å²) in [6.07, 6.45) is 0.310. The summed E-state index contributed by atoms with van der Waals surface area (Å²) in [5, 5.41) is 12.1. The molecular weight excluding hydrogens is 298 g/mol. The molecule has 1 unspecified atom stereocenters. The number of nitrogens with one attached hydrogen (secondary N) is 1. The number of halogens is 1. The number of aliphatic hydroxyl groups is 1. The van der Waals surface area contributed by atoms with E-state index in [-0.39, 0.29) is 12.5 Å². The van der Waals surface area contributed by atoms with Crippen LogP contribution in [0.1, 0.15) is 19.4 Å². The Hall–Kier alpha value is -1.07. The van der Waals surface area contributed by atoms with Gasteiger partial charge in [0, 0.05) is 7.05 Å². The fourth-order valence-electron chi connectivity index (χ4n) is 1.50. The van der Waals surface area contributed by atoms with Gasteiger partial charge in [-0.1, -0.05) is 13.8 Å². The molecule has 1 aromatic rings. The first-order valence-corrected chi connectivity index (χ1v) is 6.55. The van der Waals surface area contributed by atoms with E-state index in [9.17, 15) is 4.79 Å². The molecule has 1 rings (SSSR count). The van der Waals surface area contributed by atoms with Crippen molar-refractivity contribution in [2.24, 2.45) is 5.92 Å². The van der Waals surface area contributed by atoms with Crippen LogP contribution < -0.4 is 10.1 Å². The maximum absolute atomic E-state index is 11.0. The fraction of sp³-hybridized carbons (Fsp3) is 0.462. The predicted molar refractivity (Wildman–Crippen MR) is 74.9 cm³/mol. The van der Waals surface area contributed by atoms with E-state index in [1.165, 1.54) is 0 Å². The lowest BCUT2D eigenvalue weighted by Crippen LogP contribution is -2.25. The lowest BCUT2D eigenvalue weighted by Gasteiger charge is -2.20. The average Bonchev–Trinajstić information content (AvgIpc) is 2.35. The standard InChI is InChI=1S/C13H18BrNO3/c1-8(2)12(7-17)18-13-10(14)4-9(6-16)5-11(13)15-3/h4-5,7-8,12,15-16H,6H2,1-3H3. The summed E-state index contributed by atoms with van der Waals surface area (Å²) < 4.78 is 6.43. The highest BCUT2D eigenvalue weighted by molar-refractivity contribution is 9.10. The van der Waals surface area contributed by atoms with Gasteiger partial charge in [-0.05, 0) is 39.5 Å². The zero-order valence-electron chi connectivity index (χ0n) is 10.7. The first-order chi connectivity index (χ1) is 8.53. The van der Waals surface area contributed by atoms with Crippen LogP contribution in [0.3, 0.4) is 0 Å². The minimum absolute atomic E-state index is 0.0468. The van der Waals surface area contributed by atoms with E-state index in [1.807, 2.05) is 13.8 Å². The maximum atomic E-state index is 11.0. The van der Waals surface area contributed by atoms with E-state index in [0.29, 0.717) is 10.2 Å². The van der Waals surface area contributed by atoms with Gasteiger partial charge in [0.1, 0.15) is 0 Å². The number of ether oxygens (including phenoxy) is 1. The smallest absolute Gasteiger partial charge is 0.160 e. The van der Waals surface area contributed by atoms with Crippen LogP contribution >= 0.6 is 15.9 Å². The lowest BCUT2D eigenvalue weighted by molar-refractivity contribution is -0.115. The van der Waals surface area contributed by atoms with Crippen molar-refractivity contribution in [3.05, 3.63) is 22.2 Å². The molecule has 0 aliphatic rings. The number of aliphatic hydroxyl groups excluding tert-OH is 1. The van der Waals surface area contributed by atoms with Gasteiger partial charge in [-0.15, -0.1) is 0 Å². The minimum Gasteiger partial charge on any atom is -0.479 e. The van der Waals surface area contributed by atoms with Gasteiger partial charge in [-0.3, -0.25) is 4.79 Å². The number of hydrogen-bond donors (Lipinski definition) is 2. The van der Waals surface area contributed by atoms with Gasteiger partial charge in [0.2, 0.25) is 0 Å². The molecule has 0 aliphatic carbocycles. The zero-order chi connectivity index (χ0) is 13.7. The summed E-state index contributed by atoms with van der Waals surface area (Å²) in [4.78, 5) is 11.0. The van der Waals surface area contributed by atoms with Crippen molar-refractivity contribution in [2.75, 3.05) is 12.4 Å². The second-order valence-electron chi connectivity index (χ2n) is 4.33. The normalized spacial score (nSPS) is 12.3. The lowest BCUT2D eigenvalue weighted by atomic mass is 10.1. The number of aldehydes is 1. The first kappa shape index (κ1) is 15.0. The molecule has 0 bridgehead atoms. The Balaban J connectivity index is 3.11. The van der Waals surface area contributed by atoms with Gasteiger partial charge in [-0.25, -0.2) is 0 Å². The number of anilines is 1. The van der Waals surface area contributed by atoms with E-state index in [0.717, 1.165) is 17.5 Å². The molecule has 0 aliphatic heterocycles. The highest BCUT2D eigenvalue weighted by Crippen LogP contribution is 2.36. The van der Waals surface area contributed by atoms with Gasteiger partial charge < -0.3 is 15.2 Å². The van der Waals surface area contributed by atoms with Crippen LogP contribution in [0.15, 0.2) is 16.6 Å². The molecule has 0 saturated carbocycles. The summed E-state index contributed by atoms with van der Waals surface area (Å²) in [6, 6.07) is 3.57. The Labute approximate surface area is 115 Å². The minimum atomic E-state index is -0.492. The van der Waals surface area contributed by atoms with Gasteiger partial charge in [0.15, 0.2) is 18.1 Å². The number of rotatable bonds is 6. The molecule has 18 heavy (non-hydrogen) atoms. The molecule has 0 spiro atoms. The topological polar surface area (TPSA) is 58.6 Å². The van der Waals surface area contributed by atoms with E-state index >= 15 is 0 Å². The Morgan fingerprint density at radius 1 is 1.50 bits per heavy atom. The molecule has 0 heterocycles. The van der Waals surface area contributed by atoms with Crippen LogP contribution in [0, 0.1) is 5.92 Å². The third-order valence-corrected chi connectivity index (χ3v) is 3.19. The molecule has 1 atom stereocenters. The zero-order valence-corrected chi connectivity index (χ0v) is 12.3. The molecular formula is C13H18BrNO3. The summed E-state index contributed by atoms with van der Waals surface area (Å²) >= 11 is 3.39. The van der Waals surface area contributed by atoms with Crippen molar-refractivity contribution in [3.8, 4) is 5.75 Å². The average molecular weight is 316 g/mol. The molecule has 0 saturated heterocycles. The van der Waals surface area contributed by atoms with Crippen LogP contribution in [0.2, 0.25) is 0 Å². The summed E-state index contributed by atoms with van der Waals surface area (Å²) in [5.41, 5.74) is 1.51. The van der Waals surface area contributed by atoms with Crippen LogP contribution in [-0.4, -0.2) is 24.5 Å². The van der Waals surface area contributed by atoms with E-state index in [1.54, 1.807) is 19.2 Å². The quantitative estimate of drug-likeness (QED) is 0.792.